The van der Waals surface area contributed by atoms with Crippen LogP contribution in [-0.4, -0.2) is 10.2 Å². The fourth-order valence-corrected chi connectivity index (χ4v) is 0.639. The van der Waals surface area contributed by atoms with E-state index in [1.54, 1.807) is 6.92 Å². The van der Waals surface area contributed by atoms with Crippen molar-refractivity contribution < 1.29 is 4.39 Å². The standard InChI is InChI=1S/C5H4ClFN2/c1-3-2-4(6)8-9-5(3)7/h2H,1H3. The van der Waals surface area contributed by atoms with Crippen LogP contribution in [0.1, 0.15) is 5.56 Å². The van der Waals surface area contributed by atoms with E-state index in [1.807, 2.05) is 0 Å². The molecule has 1 aromatic rings. The molecule has 0 aliphatic heterocycles. The molecular formula is C5H4ClFN2. The first-order chi connectivity index (χ1) is 4.20. The van der Waals surface area contributed by atoms with Crippen molar-refractivity contribution in [2.45, 2.75) is 6.92 Å². The highest BCUT2D eigenvalue weighted by Crippen LogP contribution is 2.06. The van der Waals surface area contributed by atoms with Crippen LogP contribution in [0.4, 0.5) is 4.39 Å². The molecule has 0 atom stereocenters. The molecule has 0 saturated heterocycles. The lowest BCUT2D eigenvalue weighted by atomic mass is 10.3. The van der Waals surface area contributed by atoms with Crippen molar-refractivity contribution in [3.05, 3.63) is 22.7 Å². The minimum Gasteiger partial charge on any atom is -0.183 e. The minimum absolute atomic E-state index is 0.217. The Balaban J connectivity index is 3.17. The summed E-state index contributed by atoms with van der Waals surface area (Å²) >= 11 is 5.38. The van der Waals surface area contributed by atoms with Crippen molar-refractivity contribution >= 4 is 11.6 Å². The van der Waals surface area contributed by atoms with Crippen molar-refractivity contribution in [3.63, 3.8) is 0 Å². The molecule has 2 nitrogen and oxygen atoms in total. The zero-order valence-electron chi connectivity index (χ0n) is 4.73. The van der Waals surface area contributed by atoms with E-state index < -0.39 is 5.95 Å². The maximum Gasteiger partial charge on any atom is 0.236 e. The van der Waals surface area contributed by atoms with Crippen molar-refractivity contribution in [1.29, 1.82) is 0 Å². The molecular weight excluding hydrogens is 143 g/mol. The molecule has 0 unspecified atom stereocenters. The van der Waals surface area contributed by atoms with Crippen LogP contribution in [0.3, 0.4) is 0 Å². The molecule has 0 radical (unpaired) electrons. The molecule has 0 spiro atoms. The lowest BCUT2D eigenvalue weighted by Crippen LogP contribution is -1.90. The summed E-state index contributed by atoms with van der Waals surface area (Å²) in [7, 11) is 0. The molecule has 0 N–H and O–H groups in total. The summed E-state index contributed by atoms with van der Waals surface area (Å²) in [5, 5.41) is 6.63. The molecule has 0 bridgehead atoms. The maximum absolute atomic E-state index is 12.3. The highest BCUT2D eigenvalue weighted by Gasteiger charge is 1.97. The van der Waals surface area contributed by atoms with Gasteiger partial charge in [0, 0.05) is 5.56 Å². The molecule has 0 saturated carbocycles. The van der Waals surface area contributed by atoms with Crippen LogP contribution in [0.15, 0.2) is 6.07 Å². The third kappa shape index (κ3) is 1.36. The van der Waals surface area contributed by atoms with Gasteiger partial charge in [0.2, 0.25) is 5.95 Å². The van der Waals surface area contributed by atoms with E-state index in [-0.39, 0.29) is 5.15 Å². The maximum atomic E-state index is 12.3. The summed E-state index contributed by atoms with van der Waals surface area (Å²) < 4.78 is 12.3. The highest BCUT2D eigenvalue weighted by atomic mass is 35.5. The Morgan fingerprint density at radius 3 is 2.67 bits per heavy atom. The molecule has 1 aromatic heterocycles. The van der Waals surface area contributed by atoms with Crippen LogP contribution < -0.4 is 0 Å². The molecule has 48 valence electrons. The first kappa shape index (κ1) is 6.42. The van der Waals surface area contributed by atoms with Gasteiger partial charge in [-0.25, -0.2) is 0 Å². The normalized spacial score (nSPS) is 9.67. The van der Waals surface area contributed by atoms with Gasteiger partial charge in [-0.15, -0.1) is 10.2 Å². The summed E-state index contributed by atoms with van der Waals surface area (Å²) in [5.74, 6) is -0.570. The van der Waals surface area contributed by atoms with Gasteiger partial charge in [-0.3, -0.25) is 0 Å². The predicted molar refractivity (Wildman–Crippen MR) is 31.7 cm³/mol. The predicted octanol–water partition coefficient (Wildman–Crippen LogP) is 1.58. The van der Waals surface area contributed by atoms with Gasteiger partial charge < -0.3 is 0 Å². The topological polar surface area (TPSA) is 25.8 Å². The van der Waals surface area contributed by atoms with E-state index in [0.29, 0.717) is 5.56 Å². The zero-order chi connectivity index (χ0) is 6.85. The first-order valence-electron chi connectivity index (χ1n) is 2.35. The van der Waals surface area contributed by atoms with Crippen molar-refractivity contribution in [2.24, 2.45) is 0 Å². The average Bonchev–Trinajstić information content (AvgIpc) is 1.80. The second-order valence-corrected chi connectivity index (χ2v) is 2.03. The number of hydrogen-bond acceptors (Lipinski definition) is 2. The van der Waals surface area contributed by atoms with Gasteiger partial charge in [-0.05, 0) is 13.0 Å². The van der Waals surface area contributed by atoms with Gasteiger partial charge in [0.05, 0.1) is 0 Å². The highest BCUT2D eigenvalue weighted by molar-refractivity contribution is 6.29. The molecule has 0 aliphatic rings. The van der Waals surface area contributed by atoms with E-state index >= 15 is 0 Å². The lowest BCUT2D eigenvalue weighted by molar-refractivity contribution is 0.554. The second kappa shape index (κ2) is 2.27. The van der Waals surface area contributed by atoms with Gasteiger partial charge in [0.15, 0.2) is 5.15 Å². The van der Waals surface area contributed by atoms with E-state index in [9.17, 15) is 4.39 Å². The van der Waals surface area contributed by atoms with E-state index in [4.69, 9.17) is 11.6 Å². The van der Waals surface area contributed by atoms with Gasteiger partial charge in [0.25, 0.3) is 0 Å². The van der Waals surface area contributed by atoms with E-state index in [2.05, 4.69) is 10.2 Å². The van der Waals surface area contributed by atoms with Crippen LogP contribution in [0, 0.1) is 12.9 Å². The Bertz CT molecular complexity index is 226. The third-order valence-corrected chi connectivity index (χ3v) is 1.08. The zero-order valence-corrected chi connectivity index (χ0v) is 5.48. The Hall–Kier alpha value is -0.700. The Labute approximate surface area is 56.7 Å². The average molecular weight is 147 g/mol. The number of nitrogens with zero attached hydrogens (tertiary/aromatic N) is 2. The fourth-order valence-electron chi connectivity index (χ4n) is 0.438. The van der Waals surface area contributed by atoms with Crippen LogP contribution >= 0.6 is 11.6 Å². The second-order valence-electron chi connectivity index (χ2n) is 1.64. The summed E-state index contributed by atoms with van der Waals surface area (Å²) in [4.78, 5) is 0. The monoisotopic (exact) mass is 146 g/mol. The summed E-state index contributed by atoms with van der Waals surface area (Å²) in [6, 6.07) is 1.42. The summed E-state index contributed by atoms with van der Waals surface area (Å²) in [6.45, 7) is 1.58. The van der Waals surface area contributed by atoms with E-state index in [1.165, 1.54) is 6.07 Å². The Morgan fingerprint density at radius 1 is 1.56 bits per heavy atom. The molecule has 0 aliphatic carbocycles. The molecule has 0 amide bonds. The van der Waals surface area contributed by atoms with Crippen molar-refractivity contribution in [3.8, 4) is 0 Å². The van der Waals surface area contributed by atoms with Crippen molar-refractivity contribution in [1.82, 2.24) is 10.2 Å². The van der Waals surface area contributed by atoms with Crippen molar-refractivity contribution in [2.75, 3.05) is 0 Å². The fraction of sp³-hybridized carbons (Fsp3) is 0.200. The van der Waals surface area contributed by atoms with Gasteiger partial charge in [-0.1, -0.05) is 11.6 Å². The first-order valence-corrected chi connectivity index (χ1v) is 2.73. The van der Waals surface area contributed by atoms with Gasteiger partial charge >= 0.3 is 0 Å². The third-order valence-electron chi connectivity index (χ3n) is 0.894. The molecule has 9 heavy (non-hydrogen) atoms. The van der Waals surface area contributed by atoms with Gasteiger partial charge in [0.1, 0.15) is 0 Å². The quantitative estimate of drug-likeness (QED) is 0.555. The molecule has 4 heteroatoms. The van der Waals surface area contributed by atoms with Crippen LogP contribution in [0.25, 0.3) is 0 Å². The molecule has 1 rings (SSSR count). The molecule has 1 heterocycles. The van der Waals surface area contributed by atoms with Gasteiger partial charge in [-0.2, -0.15) is 4.39 Å². The van der Waals surface area contributed by atoms with Crippen LogP contribution in [-0.2, 0) is 0 Å². The Morgan fingerprint density at radius 2 is 2.22 bits per heavy atom. The van der Waals surface area contributed by atoms with Crippen LogP contribution in [0.5, 0.6) is 0 Å². The van der Waals surface area contributed by atoms with E-state index in [0.717, 1.165) is 0 Å². The smallest absolute Gasteiger partial charge is 0.183 e. The SMILES string of the molecule is Cc1cc(Cl)nnc1F. The number of rotatable bonds is 0. The molecule has 0 fully saturated rings. The summed E-state index contributed by atoms with van der Waals surface area (Å²) in [6.07, 6.45) is 0. The largest absolute Gasteiger partial charge is 0.236 e. The Kier molecular flexibility index (Phi) is 1.62. The molecule has 0 aromatic carbocycles. The summed E-state index contributed by atoms with van der Waals surface area (Å²) in [5.41, 5.74) is 0.412. The minimum atomic E-state index is -0.570. The van der Waals surface area contributed by atoms with Crippen LogP contribution in [0.2, 0.25) is 5.15 Å². The number of halogens is 2. The lowest BCUT2D eigenvalue weighted by Gasteiger charge is -1.90. The number of hydrogen-bond donors (Lipinski definition) is 0. The number of aromatic nitrogens is 2. The number of aryl methyl sites for hydroxylation is 1.